The molecular formula is C17H20N2O3. The van der Waals surface area contributed by atoms with Crippen molar-refractivity contribution in [1.82, 2.24) is 9.88 Å². The van der Waals surface area contributed by atoms with Crippen LogP contribution in [0.3, 0.4) is 0 Å². The molecule has 1 saturated carbocycles. The molecule has 2 aliphatic carbocycles. The number of carbonyl (C=O) groups excluding carboxylic acids is 1. The molecule has 0 aromatic carbocycles. The summed E-state index contributed by atoms with van der Waals surface area (Å²) in [5.74, 6) is -1.76. The van der Waals surface area contributed by atoms with Crippen molar-refractivity contribution >= 4 is 11.9 Å². The van der Waals surface area contributed by atoms with Crippen molar-refractivity contribution in [2.75, 3.05) is 13.6 Å². The van der Waals surface area contributed by atoms with Crippen molar-refractivity contribution < 1.29 is 14.7 Å². The van der Waals surface area contributed by atoms with E-state index in [0.29, 0.717) is 6.54 Å². The quantitative estimate of drug-likeness (QED) is 0.839. The Labute approximate surface area is 129 Å². The summed E-state index contributed by atoms with van der Waals surface area (Å²) >= 11 is 0. The van der Waals surface area contributed by atoms with E-state index in [1.54, 1.807) is 24.3 Å². The second-order valence-corrected chi connectivity index (χ2v) is 6.20. The first-order valence-electron chi connectivity index (χ1n) is 7.63. The lowest BCUT2D eigenvalue weighted by molar-refractivity contribution is -0.150. The van der Waals surface area contributed by atoms with Crippen LogP contribution in [0.15, 0.2) is 36.7 Å². The summed E-state index contributed by atoms with van der Waals surface area (Å²) in [6.45, 7) is 0.590. The molecule has 5 nitrogen and oxygen atoms in total. The minimum Gasteiger partial charge on any atom is -0.481 e. The Morgan fingerprint density at radius 2 is 1.86 bits per heavy atom. The Balaban J connectivity index is 1.65. The molecule has 1 N–H and O–H groups in total. The molecule has 4 unspecified atom stereocenters. The number of hydrogen-bond acceptors (Lipinski definition) is 3. The van der Waals surface area contributed by atoms with Gasteiger partial charge in [-0.05, 0) is 42.4 Å². The monoisotopic (exact) mass is 300 g/mol. The highest BCUT2D eigenvalue weighted by Gasteiger charge is 2.52. The predicted molar refractivity (Wildman–Crippen MR) is 80.9 cm³/mol. The third kappa shape index (κ3) is 2.63. The molecule has 1 aromatic rings. The van der Waals surface area contributed by atoms with Gasteiger partial charge in [0.15, 0.2) is 0 Å². The van der Waals surface area contributed by atoms with Crippen LogP contribution >= 0.6 is 0 Å². The second-order valence-electron chi connectivity index (χ2n) is 6.20. The van der Waals surface area contributed by atoms with E-state index in [2.05, 4.69) is 4.98 Å². The van der Waals surface area contributed by atoms with Crippen LogP contribution in [0.1, 0.15) is 12.0 Å². The Hall–Kier alpha value is -2.17. The van der Waals surface area contributed by atoms with Gasteiger partial charge in [0.05, 0.1) is 11.8 Å². The number of aromatic nitrogens is 1. The summed E-state index contributed by atoms with van der Waals surface area (Å²) in [6, 6.07) is 3.86. The van der Waals surface area contributed by atoms with Crippen LogP contribution in [0.4, 0.5) is 0 Å². The third-order valence-electron chi connectivity index (χ3n) is 4.89. The molecule has 2 aliphatic rings. The number of amides is 1. The minimum atomic E-state index is -0.849. The lowest BCUT2D eigenvalue weighted by Gasteiger charge is -2.28. The first-order valence-corrected chi connectivity index (χ1v) is 7.63. The first-order chi connectivity index (χ1) is 10.6. The van der Waals surface area contributed by atoms with Gasteiger partial charge in [0.2, 0.25) is 5.91 Å². The summed E-state index contributed by atoms with van der Waals surface area (Å²) in [6.07, 6.45) is 9.00. The van der Waals surface area contributed by atoms with Crippen molar-refractivity contribution in [3.63, 3.8) is 0 Å². The highest BCUT2D eigenvalue weighted by molar-refractivity contribution is 5.86. The number of pyridine rings is 1. The number of likely N-dealkylation sites (N-methyl/N-ethyl adjacent to an activating group) is 1. The smallest absolute Gasteiger partial charge is 0.307 e. The van der Waals surface area contributed by atoms with E-state index in [1.165, 1.54) is 0 Å². The summed E-state index contributed by atoms with van der Waals surface area (Å²) in [7, 11) is 1.76. The highest BCUT2D eigenvalue weighted by Crippen LogP contribution is 2.48. The van der Waals surface area contributed by atoms with Crippen LogP contribution in [-0.2, 0) is 16.0 Å². The topological polar surface area (TPSA) is 70.5 Å². The summed E-state index contributed by atoms with van der Waals surface area (Å²) < 4.78 is 0. The van der Waals surface area contributed by atoms with Gasteiger partial charge >= 0.3 is 5.97 Å². The van der Waals surface area contributed by atoms with Crippen LogP contribution in [0.2, 0.25) is 0 Å². The largest absolute Gasteiger partial charge is 0.481 e. The van der Waals surface area contributed by atoms with Gasteiger partial charge in [-0.25, -0.2) is 0 Å². The van der Waals surface area contributed by atoms with E-state index in [0.717, 1.165) is 18.4 Å². The molecule has 1 fully saturated rings. The molecular weight excluding hydrogens is 280 g/mol. The Bertz CT molecular complexity index is 599. The molecule has 0 spiro atoms. The lowest BCUT2D eigenvalue weighted by atomic mass is 9.82. The molecule has 4 atom stereocenters. The zero-order valence-corrected chi connectivity index (χ0v) is 12.6. The van der Waals surface area contributed by atoms with E-state index >= 15 is 0 Å². The van der Waals surface area contributed by atoms with E-state index < -0.39 is 17.8 Å². The summed E-state index contributed by atoms with van der Waals surface area (Å²) in [5, 5.41) is 9.43. The standard InChI is InChI=1S/C17H20N2O3/c1-19(9-6-11-4-7-18-8-5-11)16(20)14-12-2-3-13(10-12)15(14)17(21)22/h2-5,7-8,12-15H,6,9-10H2,1H3,(H,21,22). The van der Waals surface area contributed by atoms with Crippen molar-refractivity contribution in [2.24, 2.45) is 23.7 Å². The average Bonchev–Trinajstić information content (AvgIpc) is 3.13. The highest BCUT2D eigenvalue weighted by atomic mass is 16.4. The first kappa shape index (κ1) is 14.8. The van der Waals surface area contributed by atoms with Gasteiger partial charge in [-0.3, -0.25) is 14.6 Å². The molecule has 0 saturated heterocycles. The van der Waals surface area contributed by atoms with Crippen molar-refractivity contribution in [2.45, 2.75) is 12.8 Å². The normalized spacial score (nSPS) is 28.8. The number of carbonyl (C=O) groups is 2. The van der Waals surface area contributed by atoms with Gasteiger partial charge in [-0.15, -0.1) is 0 Å². The maximum Gasteiger partial charge on any atom is 0.307 e. The summed E-state index contributed by atoms with van der Waals surface area (Å²) in [4.78, 5) is 29.8. The number of allylic oxidation sites excluding steroid dienone is 2. The third-order valence-corrected chi connectivity index (χ3v) is 4.89. The lowest BCUT2D eigenvalue weighted by Crippen LogP contribution is -2.41. The molecule has 1 aromatic heterocycles. The molecule has 1 heterocycles. The predicted octanol–water partition coefficient (Wildman–Crippen LogP) is 1.61. The molecule has 5 heteroatoms. The fourth-order valence-corrected chi connectivity index (χ4v) is 3.71. The number of fused-ring (bicyclic) bond motifs is 2. The van der Waals surface area contributed by atoms with Gasteiger partial charge in [0.25, 0.3) is 0 Å². The van der Waals surface area contributed by atoms with Gasteiger partial charge in [0, 0.05) is 26.0 Å². The van der Waals surface area contributed by atoms with E-state index in [4.69, 9.17) is 0 Å². The number of hydrogen-bond donors (Lipinski definition) is 1. The second kappa shape index (κ2) is 5.91. The van der Waals surface area contributed by atoms with Crippen LogP contribution in [0.5, 0.6) is 0 Å². The van der Waals surface area contributed by atoms with Gasteiger partial charge in [-0.2, -0.15) is 0 Å². The zero-order valence-electron chi connectivity index (χ0n) is 12.6. The molecule has 116 valence electrons. The molecule has 22 heavy (non-hydrogen) atoms. The molecule has 0 radical (unpaired) electrons. The maximum absolute atomic E-state index is 12.7. The fraction of sp³-hybridized carbons (Fsp3) is 0.471. The van der Waals surface area contributed by atoms with E-state index in [9.17, 15) is 14.7 Å². The number of carboxylic acids is 1. The minimum absolute atomic E-state index is 0.0186. The number of carboxylic acid groups (broad SMARTS) is 1. The van der Waals surface area contributed by atoms with Crippen LogP contribution in [0.25, 0.3) is 0 Å². The van der Waals surface area contributed by atoms with Crippen molar-refractivity contribution in [3.8, 4) is 0 Å². The Morgan fingerprint density at radius 1 is 1.23 bits per heavy atom. The average molecular weight is 300 g/mol. The van der Waals surface area contributed by atoms with Gasteiger partial charge in [0.1, 0.15) is 0 Å². The molecule has 0 aliphatic heterocycles. The SMILES string of the molecule is CN(CCc1ccncc1)C(=O)C1C2C=CC(C2)C1C(=O)O. The number of nitrogens with zero attached hydrogens (tertiary/aromatic N) is 2. The van der Waals surface area contributed by atoms with Gasteiger partial charge < -0.3 is 10.0 Å². The van der Waals surface area contributed by atoms with Crippen LogP contribution in [0, 0.1) is 23.7 Å². The summed E-state index contributed by atoms with van der Waals surface area (Å²) in [5.41, 5.74) is 1.12. The fourth-order valence-electron chi connectivity index (χ4n) is 3.71. The maximum atomic E-state index is 12.7. The van der Waals surface area contributed by atoms with Gasteiger partial charge in [-0.1, -0.05) is 12.2 Å². The van der Waals surface area contributed by atoms with Crippen LogP contribution < -0.4 is 0 Å². The molecule has 3 rings (SSSR count). The van der Waals surface area contributed by atoms with Crippen molar-refractivity contribution in [1.29, 1.82) is 0 Å². The van der Waals surface area contributed by atoms with E-state index in [1.807, 2.05) is 24.3 Å². The number of aliphatic carboxylic acids is 1. The Kier molecular flexibility index (Phi) is 3.96. The molecule has 1 amide bonds. The van der Waals surface area contributed by atoms with E-state index in [-0.39, 0.29) is 17.7 Å². The molecule has 2 bridgehead atoms. The Morgan fingerprint density at radius 3 is 2.50 bits per heavy atom. The number of rotatable bonds is 5. The zero-order chi connectivity index (χ0) is 15.7. The van der Waals surface area contributed by atoms with Crippen molar-refractivity contribution in [3.05, 3.63) is 42.2 Å². The van der Waals surface area contributed by atoms with Crippen LogP contribution in [-0.4, -0.2) is 40.5 Å².